The van der Waals surface area contributed by atoms with Crippen LogP contribution in [0.2, 0.25) is 0 Å². The smallest absolute Gasteiger partial charge is 0.252 e. The molecule has 4 rings (SSSR count). The van der Waals surface area contributed by atoms with Gasteiger partial charge in [0, 0.05) is 49.8 Å². The van der Waals surface area contributed by atoms with Crippen LogP contribution in [0.1, 0.15) is 36.2 Å². The lowest BCUT2D eigenvalue weighted by Crippen LogP contribution is -2.42. The summed E-state index contributed by atoms with van der Waals surface area (Å²) in [5, 5.41) is 4.18. The SMILES string of the molecule is Cc1nc2ncnn2c(C)c1CCC(=O)N1CCC(Oc2ccc(F)cc2F)CC1. The van der Waals surface area contributed by atoms with Crippen LogP contribution in [0, 0.1) is 25.5 Å². The molecular weight excluding hydrogens is 392 g/mol. The number of fused-ring (bicyclic) bond motifs is 1. The van der Waals surface area contributed by atoms with Gasteiger partial charge < -0.3 is 9.64 Å². The molecule has 0 radical (unpaired) electrons. The molecule has 0 spiro atoms. The van der Waals surface area contributed by atoms with E-state index in [1.165, 1.54) is 18.5 Å². The summed E-state index contributed by atoms with van der Waals surface area (Å²) in [6, 6.07) is 3.28. The number of piperidine rings is 1. The Morgan fingerprint density at radius 1 is 1.23 bits per heavy atom. The number of likely N-dealkylation sites (tertiary alicyclic amines) is 1. The average molecular weight is 415 g/mol. The van der Waals surface area contributed by atoms with Crippen molar-refractivity contribution in [2.45, 2.75) is 45.6 Å². The van der Waals surface area contributed by atoms with Gasteiger partial charge in [-0.25, -0.2) is 18.3 Å². The number of hydrogen-bond acceptors (Lipinski definition) is 5. The van der Waals surface area contributed by atoms with Crippen molar-refractivity contribution >= 4 is 11.7 Å². The Kier molecular flexibility index (Phi) is 5.61. The second-order valence-electron chi connectivity index (χ2n) is 7.51. The van der Waals surface area contributed by atoms with Gasteiger partial charge in [0.05, 0.1) is 0 Å². The molecule has 9 heteroatoms. The largest absolute Gasteiger partial charge is 0.487 e. The fourth-order valence-corrected chi connectivity index (χ4v) is 3.88. The molecule has 0 atom stereocenters. The molecule has 0 N–H and O–H groups in total. The van der Waals surface area contributed by atoms with Gasteiger partial charge in [-0.05, 0) is 38.0 Å². The normalized spacial score (nSPS) is 15.0. The Balaban J connectivity index is 1.32. The van der Waals surface area contributed by atoms with Crippen LogP contribution in [0.4, 0.5) is 8.78 Å². The summed E-state index contributed by atoms with van der Waals surface area (Å²) >= 11 is 0. The molecule has 0 unspecified atom stereocenters. The molecule has 1 aliphatic heterocycles. The predicted molar refractivity (Wildman–Crippen MR) is 105 cm³/mol. The van der Waals surface area contributed by atoms with Crippen LogP contribution in [-0.4, -0.2) is 49.6 Å². The minimum atomic E-state index is -0.711. The molecule has 0 bridgehead atoms. The number of aromatic nitrogens is 4. The molecule has 30 heavy (non-hydrogen) atoms. The molecule has 2 aromatic heterocycles. The van der Waals surface area contributed by atoms with E-state index in [1.807, 2.05) is 18.7 Å². The van der Waals surface area contributed by atoms with Gasteiger partial charge in [-0.3, -0.25) is 4.79 Å². The van der Waals surface area contributed by atoms with Gasteiger partial charge >= 0.3 is 0 Å². The van der Waals surface area contributed by atoms with E-state index in [1.54, 1.807) is 4.52 Å². The molecule has 7 nitrogen and oxygen atoms in total. The second kappa shape index (κ2) is 8.33. The second-order valence-corrected chi connectivity index (χ2v) is 7.51. The Morgan fingerprint density at radius 2 is 2.00 bits per heavy atom. The van der Waals surface area contributed by atoms with Crippen molar-refractivity contribution in [2.24, 2.45) is 0 Å². The molecule has 3 aromatic rings. The summed E-state index contributed by atoms with van der Waals surface area (Å²) in [7, 11) is 0. The summed E-state index contributed by atoms with van der Waals surface area (Å²) in [4.78, 5) is 23.1. The third-order valence-corrected chi connectivity index (χ3v) is 5.56. The number of aryl methyl sites for hydroxylation is 2. The first-order valence-electron chi connectivity index (χ1n) is 9.97. The van der Waals surface area contributed by atoms with Crippen molar-refractivity contribution < 1.29 is 18.3 Å². The molecule has 158 valence electrons. The van der Waals surface area contributed by atoms with E-state index in [4.69, 9.17) is 4.74 Å². The van der Waals surface area contributed by atoms with Crippen LogP contribution in [0.15, 0.2) is 24.5 Å². The lowest BCUT2D eigenvalue weighted by molar-refractivity contribution is -0.132. The third-order valence-electron chi connectivity index (χ3n) is 5.56. The molecule has 0 aliphatic carbocycles. The summed E-state index contributed by atoms with van der Waals surface area (Å²) in [6.45, 7) is 4.96. The van der Waals surface area contributed by atoms with E-state index in [0.717, 1.165) is 23.0 Å². The maximum atomic E-state index is 13.8. The first-order chi connectivity index (χ1) is 14.4. The zero-order valence-corrected chi connectivity index (χ0v) is 16.9. The third kappa shape index (κ3) is 4.10. The van der Waals surface area contributed by atoms with E-state index in [2.05, 4.69) is 15.1 Å². The zero-order valence-electron chi connectivity index (χ0n) is 16.9. The Morgan fingerprint density at radius 3 is 2.73 bits per heavy atom. The maximum absolute atomic E-state index is 13.8. The van der Waals surface area contributed by atoms with Gasteiger partial charge in [-0.15, -0.1) is 0 Å². The van der Waals surface area contributed by atoms with Crippen molar-refractivity contribution in [2.75, 3.05) is 13.1 Å². The van der Waals surface area contributed by atoms with Gasteiger partial charge in [0.25, 0.3) is 5.78 Å². The number of nitrogens with zero attached hydrogens (tertiary/aromatic N) is 5. The van der Waals surface area contributed by atoms with Crippen LogP contribution in [0.3, 0.4) is 0 Å². The predicted octanol–water partition coefficient (Wildman–Crippen LogP) is 3.02. The van der Waals surface area contributed by atoms with Crippen molar-refractivity contribution in [3.05, 3.63) is 53.1 Å². The maximum Gasteiger partial charge on any atom is 0.252 e. The monoisotopic (exact) mass is 415 g/mol. The lowest BCUT2D eigenvalue weighted by atomic mass is 10.0. The fourth-order valence-electron chi connectivity index (χ4n) is 3.88. The van der Waals surface area contributed by atoms with Crippen LogP contribution in [-0.2, 0) is 11.2 Å². The summed E-state index contributed by atoms with van der Waals surface area (Å²) < 4.78 is 34.1. The van der Waals surface area contributed by atoms with Crippen molar-refractivity contribution in [3.63, 3.8) is 0 Å². The molecule has 3 heterocycles. The summed E-state index contributed by atoms with van der Waals surface area (Å²) in [5.41, 5.74) is 2.80. The minimum Gasteiger partial charge on any atom is -0.487 e. The van der Waals surface area contributed by atoms with Crippen LogP contribution < -0.4 is 4.74 Å². The molecular formula is C21H23F2N5O2. The highest BCUT2D eigenvalue weighted by Gasteiger charge is 2.25. The topological polar surface area (TPSA) is 72.6 Å². The number of ether oxygens (including phenoxy) is 1. The Hall–Kier alpha value is -3.10. The highest BCUT2D eigenvalue weighted by molar-refractivity contribution is 5.76. The highest BCUT2D eigenvalue weighted by atomic mass is 19.1. The van der Waals surface area contributed by atoms with E-state index >= 15 is 0 Å². The lowest BCUT2D eigenvalue weighted by Gasteiger charge is -2.32. The Bertz CT molecular complexity index is 1080. The Labute approximate surface area is 172 Å². The number of carbonyl (C=O) groups excluding carboxylic acids is 1. The molecule has 1 aromatic carbocycles. The molecule has 1 saturated heterocycles. The molecule has 1 amide bonds. The van der Waals surface area contributed by atoms with E-state index in [0.29, 0.717) is 44.6 Å². The van der Waals surface area contributed by atoms with Crippen molar-refractivity contribution in [3.8, 4) is 5.75 Å². The van der Waals surface area contributed by atoms with Gasteiger partial charge in [-0.2, -0.15) is 10.1 Å². The number of amides is 1. The zero-order chi connectivity index (χ0) is 21.3. The number of benzene rings is 1. The first kappa shape index (κ1) is 20.2. The molecule has 1 fully saturated rings. The quantitative estimate of drug-likeness (QED) is 0.641. The summed E-state index contributed by atoms with van der Waals surface area (Å²) in [6.07, 6.45) is 3.43. The minimum absolute atomic E-state index is 0.0446. The van der Waals surface area contributed by atoms with E-state index in [9.17, 15) is 13.6 Å². The number of rotatable bonds is 5. The number of hydrogen-bond donors (Lipinski definition) is 0. The molecule has 0 saturated carbocycles. The van der Waals surface area contributed by atoms with Gasteiger partial charge in [0.1, 0.15) is 18.2 Å². The number of carbonyl (C=O) groups is 1. The first-order valence-corrected chi connectivity index (χ1v) is 9.97. The highest BCUT2D eigenvalue weighted by Crippen LogP contribution is 2.23. The van der Waals surface area contributed by atoms with E-state index < -0.39 is 11.6 Å². The van der Waals surface area contributed by atoms with Gasteiger partial charge in [-0.1, -0.05) is 0 Å². The van der Waals surface area contributed by atoms with Gasteiger partial charge in [0.2, 0.25) is 5.91 Å². The van der Waals surface area contributed by atoms with Crippen LogP contribution in [0.25, 0.3) is 5.78 Å². The van der Waals surface area contributed by atoms with Gasteiger partial charge in [0.15, 0.2) is 11.6 Å². The van der Waals surface area contributed by atoms with Crippen molar-refractivity contribution in [1.82, 2.24) is 24.5 Å². The van der Waals surface area contributed by atoms with E-state index in [-0.39, 0.29) is 17.8 Å². The van der Waals surface area contributed by atoms with Crippen molar-refractivity contribution in [1.29, 1.82) is 0 Å². The van der Waals surface area contributed by atoms with Crippen LogP contribution in [0.5, 0.6) is 5.75 Å². The standard InChI is InChI=1S/C21H23F2N5O2/c1-13-17(14(2)28-21(26-13)24-12-25-28)4-6-20(29)27-9-7-16(8-10-27)30-19-5-3-15(22)11-18(19)23/h3,5,11-12,16H,4,6-10H2,1-2H3. The number of halogens is 2. The average Bonchev–Trinajstić information content (AvgIpc) is 3.19. The fraction of sp³-hybridized carbons (Fsp3) is 0.429. The van der Waals surface area contributed by atoms with Crippen LogP contribution >= 0.6 is 0 Å². The molecule has 1 aliphatic rings. The summed E-state index contributed by atoms with van der Waals surface area (Å²) in [5.74, 6) is -0.678.